The normalized spacial score (nSPS) is 14.6. The first-order valence-corrected chi connectivity index (χ1v) is 7.05. The second kappa shape index (κ2) is 8.93. The summed E-state index contributed by atoms with van der Waals surface area (Å²) in [5.74, 6) is 2.32. The molecule has 0 amide bonds. The van der Waals surface area contributed by atoms with Crippen LogP contribution in [0.1, 0.15) is 24.6 Å². The molecule has 1 aromatic heterocycles. The zero-order valence-corrected chi connectivity index (χ0v) is 14.1. The number of nitrogens with one attached hydrogen (secondary N) is 1. The number of halogens is 2. The van der Waals surface area contributed by atoms with Gasteiger partial charge in [0.1, 0.15) is 11.6 Å². The van der Waals surface area contributed by atoms with Gasteiger partial charge in [0.15, 0.2) is 0 Å². The van der Waals surface area contributed by atoms with Gasteiger partial charge < -0.3 is 10.1 Å². The summed E-state index contributed by atoms with van der Waals surface area (Å²) >= 11 is 0. The number of aromatic nitrogens is 2. The third-order valence-electron chi connectivity index (χ3n) is 3.76. The Balaban J connectivity index is 0.00000121. The maximum atomic E-state index is 5.18. The van der Waals surface area contributed by atoms with Crippen LogP contribution >= 0.6 is 24.8 Å². The number of ether oxygens (including phenoxy) is 1. The number of benzene rings is 1. The molecule has 1 fully saturated rings. The standard InChI is InChI=1S/C16H19N3O.2ClH/c1-20-14-4-2-12(3-5-14)15-8-11-18-16(19-15)13-6-9-17-10-7-13;;/h2-5,8,11,13,17H,6-7,9-10H2,1H3;2*1H. The summed E-state index contributed by atoms with van der Waals surface area (Å²) in [5, 5.41) is 3.37. The van der Waals surface area contributed by atoms with Gasteiger partial charge in [0.2, 0.25) is 0 Å². The van der Waals surface area contributed by atoms with Crippen LogP contribution in [0.5, 0.6) is 5.75 Å². The molecule has 0 radical (unpaired) electrons. The van der Waals surface area contributed by atoms with E-state index in [1.807, 2.05) is 36.5 Å². The van der Waals surface area contributed by atoms with Crippen LogP contribution in [0.3, 0.4) is 0 Å². The van der Waals surface area contributed by atoms with Crippen molar-refractivity contribution in [2.24, 2.45) is 0 Å². The van der Waals surface area contributed by atoms with E-state index in [1.54, 1.807) is 7.11 Å². The Labute approximate surface area is 143 Å². The molecule has 4 nitrogen and oxygen atoms in total. The summed E-state index contributed by atoms with van der Waals surface area (Å²) in [4.78, 5) is 9.20. The zero-order valence-electron chi connectivity index (χ0n) is 12.5. The number of methoxy groups -OCH3 is 1. The van der Waals surface area contributed by atoms with Gasteiger partial charge in [-0.15, -0.1) is 24.8 Å². The van der Waals surface area contributed by atoms with Crippen molar-refractivity contribution in [3.63, 3.8) is 0 Å². The third-order valence-corrected chi connectivity index (χ3v) is 3.76. The summed E-state index contributed by atoms with van der Waals surface area (Å²) in [5.41, 5.74) is 2.08. The Bertz CT molecular complexity index is 572. The van der Waals surface area contributed by atoms with Crippen LogP contribution in [0.4, 0.5) is 0 Å². The van der Waals surface area contributed by atoms with Crippen LogP contribution in [0, 0.1) is 0 Å². The summed E-state index contributed by atoms with van der Waals surface area (Å²) in [6, 6.07) is 9.95. The van der Waals surface area contributed by atoms with Gasteiger partial charge >= 0.3 is 0 Å². The monoisotopic (exact) mass is 341 g/mol. The van der Waals surface area contributed by atoms with Crippen molar-refractivity contribution in [3.8, 4) is 17.0 Å². The highest BCUT2D eigenvalue weighted by molar-refractivity contribution is 5.85. The molecule has 0 aliphatic carbocycles. The predicted octanol–water partition coefficient (Wildman–Crippen LogP) is 3.46. The van der Waals surface area contributed by atoms with Gasteiger partial charge in [-0.05, 0) is 56.3 Å². The first-order valence-electron chi connectivity index (χ1n) is 7.05. The van der Waals surface area contributed by atoms with Crippen LogP contribution in [-0.4, -0.2) is 30.2 Å². The minimum Gasteiger partial charge on any atom is -0.497 e. The number of rotatable bonds is 3. The van der Waals surface area contributed by atoms with Crippen LogP contribution < -0.4 is 10.1 Å². The van der Waals surface area contributed by atoms with Gasteiger partial charge in [0.25, 0.3) is 0 Å². The molecule has 120 valence electrons. The molecule has 2 aromatic rings. The largest absolute Gasteiger partial charge is 0.497 e. The number of nitrogens with zero attached hydrogens (tertiary/aromatic N) is 2. The molecule has 6 heteroatoms. The average molecular weight is 342 g/mol. The van der Waals surface area contributed by atoms with Gasteiger partial charge in [-0.2, -0.15) is 0 Å². The summed E-state index contributed by atoms with van der Waals surface area (Å²) in [6.45, 7) is 2.11. The molecule has 0 spiro atoms. The molecule has 1 N–H and O–H groups in total. The fourth-order valence-corrected chi connectivity index (χ4v) is 2.57. The molecule has 0 unspecified atom stereocenters. The van der Waals surface area contributed by atoms with Crippen molar-refractivity contribution < 1.29 is 4.74 Å². The molecule has 1 aliphatic rings. The molecule has 1 aromatic carbocycles. The highest BCUT2D eigenvalue weighted by Crippen LogP contribution is 2.25. The second-order valence-electron chi connectivity index (χ2n) is 5.05. The van der Waals surface area contributed by atoms with Crippen molar-refractivity contribution >= 4 is 24.8 Å². The number of piperidine rings is 1. The lowest BCUT2D eigenvalue weighted by Gasteiger charge is -2.21. The maximum Gasteiger partial charge on any atom is 0.132 e. The van der Waals surface area contributed by atoms with E-state index in [0.29, 0.717) is 5.92 Å². The van der Waals surface area contributed by atoms with Gasteiger partial charge in [-0.3, -0.25) is 0 Å². The highest BCUT2D eigenvalue weighted by atomic mass is 35.5. The van der Waals surface area contributed by atoms with Crippen molar-refractivity contribution in [1.29, 1.82) is 0 Å². The molecular formula is C16H21Cl2N3O. The molecule has 0 saturated carbocycles. The van der Waals surface area contributed by atoms with Crippen LogP contribution in [-0.2, 0) is 0 Å². The first kappa shape index (κ1) is 18.7. The van der Waals surface area contributed by atoms with E-state index in [4.69, 9.17) is 9.72 Å². The molecule has 22 heavy (non-hydrogen) atoms. The third kappa shape index (κ3) is 4.32. The van der Waals surface area contributed by atoms with E-state index in [0.717, 1.165) is 48.8 Å². The first-order chi connectivity index (χ1) is 9.86. The van der Waals surface area contributed by atoms with Crippen LogP contribution in [0.2, 0.25) is 0 Å². The fourth-order valence-electron chi connectivity index (χ4n) is 2.57. The van der Waals surface area contributed by atoms with E-state index in [2.05, 4.69) is 10.3 Å². The zero-order chi connectivity index (χ0) is 13.8. The topological polar surface area (TPSA) is 47.0 Å². The van der Waals surface area contributed by atoms with E-state index in [-0.39, 0.29) is 24.8 Å². The van der Waals surface area contributed by atoms with Crippen molar-refractivity contribution in [2.75, 3.05) is 20.2 Å². The Kier molecular flexibility index (Phi) is 7.59. The van der Waals surface area contributed by atoms with E-state index >= 15 is 0 Å². The van der Waals surface area contributed by atoms with Gasteiger partial charge in [0, 0.05) is 17.7 Å². The Morgan fingerprint density at radius 2 is 1.73 bits per heavy atom. The van der Waals surface area contributed by atoms with Crippen molar-refractivity contribution in [2.45, 2.75) is 18.8 Å². The molecule has 0 atom stereocenters. The lowest BCUT2D eigenvalue weighted by Crippen LogP contribution is -2.27. The SMILES string of the molecule is COc1ccc(-c2ccnc(C3CCNCC3)n2)cc1.Cl.Cl. The quantitative estimate of drug-likeness (QED) is 0.928. The Hall–Kier alpha value is -1.36. The van der Waals surface area contributed by atoms with E-state index in [9.17, 15) is 0 Å². The molecule has 2 heterocycles. The van der Waals surface area contributed by atoms with Crippen LogP contribution in [0.15, 0.2) is 36.5 Å². The average Bonchev–Trinajstić information content (AvgIpc) is 2.56. The highest BCUT2D eigenvalue weighted by Gasteiger charge is 2.18. The van der Waals surface area contributed by atoms with Crippen LogP contribution in [0.25, 0.3) is 11.3 Å². The smallest absolute Gasteiger partial charge is 0.132 e. The van der Waals surface area contributed by atoms with Gasteiger partial charge in [-0.1, -0.05) is 0 Å². The van der Waals surface area contributed by atoms with E-state index in [1.165, 1.54) is 0 Å². The van der Waals surface area contributed by atoms with Gasteiger partial charge in [-0.25, -0.2) is 9.97 Å². The van der Waals surface area contributed by atoms with Crippen molar-refractivity contribution in [1.82, 2.24) is 15.3 Å². The predicted molar refractivity (Wildman–Crippen MR) is 93.4 cm³/mol. The fraction of sp³-hybridized carbons (Fsp3) is 0.375. The molecule has 1 saturated heterocycles. The van der Waals surface area contributed by atoms with E-state index < -0.39 is 0 Å². The molecule has 0 bridgehead atoms. The summed E-state index contributed by atoms with van der Waals surface area (Å²) in [6.07, 6.45) is 4.10. The second-order valence-corrected chi connectivity index (χ2v) is 5.05. The number of hydrogen-bond donors (Lipinski definition) is 1. The lowest BCUT2D eigenvalue weighted by atomic mass is 9.97. The molecular weight excluding hydrogens is 321 g/mol. The van der Waals surface area contributed by atoms with Gasteiger partial charge in [0.05, 0.1) is 12.8 Å². The number of hydrogen-bond acceptors (Lipinski definition) is 4. The minimum absolute atomic E-state index is 0. The maximum absolute atomic E-state index is 5.18. The lowest BCUT2D eigenvalue weighted by molar-refractivity contribution is 0.415. The molecule has 3 rings (SSSR count). The Morgan fingerprint density at radius 1 is 1.05 bits per heavy atom. The Morgan fingerprint density at radius 3 is 2.36 bits per heavy atom. The minimum atomic E-state index is 0. The molecule has 1 aliphatic heterocycles. The summed E-state index contributed by atoms with van der Waals surface area (Å²) < 4.78 is 5.18. The van der Waals surface area contributed by atoms with Crippen molar-refractivity contribution in [3.05, 3.63) is 42.4 Å². The summed E-state index contributed by atoms with van der Waals surface area (Å²) in [7, 11) is 1.68.